The monoisotopic (exact) mass is 557 g/mol. The first-order chi connectivity index (χ1) is 18.8. The van der Waals surface area contributed by atoms with Crippen LogP contribution in [0, 0.1) is 0 Å². The molecule has 10 heteroatoms. The fourth-order valence-corrected chi connectivity index (χ4v) is 4.91. The Balaban J connectivity index is 0.000000983. The van der Waals surface area contributed by atoms with Crippen molar-refractivity contribution in [2.45, 2.75) is 76.8 Å². The minimum atomic E-state index is -0.0686. The first-order valence-electron chi connectivity index (χ1n) is 14.1. The summed E-state index contributed by atoms with van der Waals surface area (Å²) >= 11 is 1.61. The number of piperidine rings is 1. The summed E-state index contributed by atoms with van der Waals surface area (Å²) in [7, 11) is 5.62. The number of nitrogens with one attached hydrogen (secondary N) is 4. The van der Waals surface area contributed by atoms with E-state index >= 15 is 0 Å². The highest BCUT2D eigenvalue weighted by Crippen LogP contribution is 2.31. The van der Waals surface area contributed by atoms with Crippen molar-refractivity contribution in [3.05, 3.63) is 35.5 Å². The summed E-state index contributed by atoms with van der Waals surface area (Å²) in [6.07, 6.45) is 12.0. The molecule has 1 aliphatic carbocycles. The van der Waals surface area contributed by atoms with Crippen molar-refractivity contribution in [3.8, 4) is 5.75 Å². The van der Waals surface area contributed by atoms with Crippen LogP contribution >= 0.6 is 11.9 Å². The minimum Gasteiger partial charge on any atom is -0.495 e. The fraction of sp³-hybridized carbons (Fsp3) is 0.621. The molecule has 1 aromatic carbocycles. The zero-order valence-corrected chi connectivity index (χ0v) is 25.3. The number of ether oxygens (including phenoxy) is 1. The Morgan fingerprint density at radius 1 is 1.10 bits per heavy atom. The molecule has 2 aromatic rings. The van der Waals surface area contributed by atoms with E-state index in [1.165, 1.54) is 32.1 Å². The number of anilines is 3. The van der Waals surface area contributed by atoms with Gasteiger partial charge in [-0.1, -0.05) is 45.1 Å². The number of methoxy groups -OCH3 is 1. The van der Waals surface area contributed by atoms with Gasteiger partial charge in [-0.15, -0.1) is 0 Å². The highest BCUT2D eigenvalue weighted by Gasteiger charge is 2.21. The maximum Gasteiger partial charge on any atom is 0.251 e. The number of rotatable bonds is 9. The highest BCUT2D eigenvalue weighted by atomic mass is 32.2. The predicted octanol–water partition coefficient (Wildman–Crippen LogP) is 5.40. The molecule has 4 N–H and O–H groups in total. The van der Waals surface area contributed by atoms with Gasteiger partial charge in [0.15, 0.2) is 0 Å². The lowest BCUT2D eigenvalue weighted by molar-refractivity contribution is 0.0916. The molecule has 0 radical (unpaired) electrons. The average Bonchev–Trinajstić information content (AvgIpc) is 2.95. The van der Waals surface area contributed by atoms with Gasteiger partial charge in [-0.05, 0) is 83.2 Å². The van der Waals surface area contributed by atoms with Crippen LogP contribution in [0.2, 0.25) is 0 Å². The lowest BCUT2D eigenvalue weighted by Crippen LogP contribution is -2.43. The quantitative estimate of drug-likeness (QED) is 0.302. The first kappa shape index (κ1) is 31.0. The number of likely N-dealkylation sites (tertiary alicyclic amines) is 1. The van der Waals surface area contributed by atoms with Crippen molar-refractivity contribution in [1.29, 1.82) is 0 Å². The zero-order chi connectivity index (χ0) is 28.2. The minimum absolute atomic E-state index is 0.0686. The van der Waals surface area contributed by atoms with Crippen LogP contribution in [-0.2, 0) is 0 Å². The topological polar surface area (TPSA) is 103 Å². The number of carbonyl (C=O) groups excluding carboxylic acids is 1. The lowest BCUT2D eigenvalue weighted by atomic mass is 9.95. The van der Waals surface area contributed by atoms with Gasteiger partial charge in [-0.25, -0.2) is 4.98 Å². The van der Waals surface area contributed by atoms with Gasteiger partial charge < -0.3 is 25.6 Å². The Labute approximate surface area is 238 Å². The number of amides is 1. The largest absolute Gasteiger partial charge is 0.495 e. The molecule has 1 amide bonds. The molecule has 4 rings (SSSR count). The fourth-order valence-electron chi connectivity index (χ4n) is 4.91. The van der Waals surface area contributed by atoms with Crippen LogP contribution < -0.4 is 25.4 Å². The van der Waals surface area contributed by atoms with Crippen LogP contribution in [-0.4, -0.2) is 73.4 Å². The first-order valence-corrected chi connectivity index (χ1v) is 15.3. The number of benzene rings is 1. The lowest BCUT2D eigenvalue weighted by Gasteiger charge is -2.29. The number of hydrogen-bond donors (Lipinski definition) is 4. The maximum absolute atomic E-state index is 12.8. The molecule has 1 aromatic heterocycles. The van der Waals surface area contributed by atoms with Crippen LogP contribution in [0.25, 0.3) is 0 Å². The summed E-state index contributed by atoms with van der Waals surface area (Å²) in [6, 6.07) is 6.12. The van der Waals surface area contributed by atoms with E-state index in [9.17, 15) is 4.79 Å². The predicted molar refractivity (Wildman–Crippen MR) is 163 cm³/mol. The van der Waals surface area contributed by atoms with Gasteiger partial charge in [-0.3, -0.25) is 9.52 Å². The third-order valence-corrected chi connectivity index (χ3v) is 7.76. The average molecular weight is 558 g/mol. The maximum atomic E-state index is 12.8. The van der Waals surface area contributed by atoms with Crippen molar-refractivity contribution in [2.75, 3.05) is 51.2 Å². The van der Waals surface area contributed by atoms with Gasteiger partial charge in [0.25, 0.3) is 5.91 Å². The Morgan fingerprint density at radius 3 is 2.41 bits per heavy atom. The third kappa shape index (κ3) is 9.54. The number of hydrogen-bond acceptors (Lipinski definition) is 9. The molecule has 9 nitrogen and oxygen atoms in total. The number of carbonyl (C=O) groups is 1. The summed E-state index contributed by atoms with van der Waals surface area (Å²) in [4.78, 5) is 24.5. The van der Waals surface area contributed by atoms with E-state index in [1.54, 1.807) is 25.1 Å². The van der Waals surface area contributed by atoms with Gasteiger partial charge in [0, 0.05) is 29.4 Å². The van der Waals surface area contributed by atoms with Gasteiger partial charge >= 0.3 is 0 Å². The van der Waals surface area contributed by atoms with Crippen molar-refractivity contribution in [3.63, 3.8) is 0 Å². The molecule has 0 spiro atoms. The normalized spacial score (nSPS) is 16.8. The molecule has 2 fully saturated rings. The number of nitrogens with zero attached hydrogens (tertiary/aromatic N) is 3. The zero-order valence-electron chi connectivity index (χ0n) is 24.5. The highest BCUT2D eigenvalue weighted by molar-refractivity contribution is 7.96. The van der Waals surface area contributed by atoms with E-state index < -0.39 is 0 Å². The molecule has 0 bridgehead atoms. The molecule has 0 unspecified atom stereocenters. The second kappa shape index (κ2) is 15.9. The molecule has 1 saturated carbocycles. The summed E-state index contributed by atoms with van der Waals surface area (Å²) in [5.74, 6) is 2.25. The van der Waals surface area contributed by atoms with Crippen LogP contribution in [0.1, 0.15) is 80.6 Å². The van der Waals surface area contributed by atoms with Gasteiger partial charge in [0.1, 0.15) is 11.6 Å². The second-order valence-electron chi connectivity index (χ2n) is 10.6. The van der Waals surface area contributed by atoms with Crippen molar-refractivity contribution >= 4 is 35.3 Å². The summed E-state index contributed by atoms with van der Waals surface area (Å²) in [6.45, 7) is 6.33. The summed E-state index contributed by atoms with van der Waals surface area (Å²) in [5.41, 5.74) is 2.43. The molecular formula is C29H47N7O2S. The van der Waals surface area contributed by atoms with Crippen LogP contribution in [0.15, 0.2) is 24.4 Å². The Morgan fingerprint density at radius 2 is 1.79 bits per heavy atom. The summed E-state index contributed by atoms with van der Waals surface area (Å²) in [5, 5.41) is 10.1. The van der Waals surface area contributed by atoms with E-state index in [4.69, 9.17) is 9.72 Å². The van der Waals surface area contributed by atoms with Crippen LogP contribution in [0.3, 0.4) is 0 Å². The van der Waals surface area contributed by atoms with E-state index in [0.717, 1.165) is 43.0 Å². The molecule has 2 heterocycles. The van der Waals surface area contributed by atoms with Crippen molar-refractivity contribution in [2.24, 2.45) is 0 Å². The van der Waals surface area contributed by atoms with Gasteiger partial charge in [0.05, 0.1) is 12.8 Å². The molecule has 216 valence electrons. The van der Waals surface area contributed by atoms with Crippen LogP contribution in [0.4, 0.5) is 17.5 Å². The van der Waals surface area contributed by atoms with E-state index in [0.29, 0.717) is 29.2 Å². The number of aromatic nitrogens is 2. The summed E-state index contributed by atoms with van der Waals surface area (Å²) < 4.78 is 8.45. The second-order valence-corrected chi connectivity index (χ2v) is 11.4. The van der Waals surface area contributed by atoms with Crippen molar-refractivity contribution < 1.29 is 9.53 Å². The molecule has 1 saturated heterocycles. The molecule has 1 aliphatic heterocycles. The van der Waals surface area contributed by atoms with E-state index in [2.05, 4.69) is 51.5 Å². The van der Waals surface area contributed by atoms with E-state index in [1.807, 2.05) is 31.6 Å². The van der Waals surface area contributed by atoms with Crippen LogP contribution in [0.5, 0.6) is 5.75 Å². The molecule has 39 heavy (non-hydrogen) atoms. The van der Waals surface area contributed by atoms with Crippen molar-refractivity contribution in [1.82, 2.24) is 24.9 Å². The molecule has 0 atom stereocenters. The Hall–Kier alpha value is -2.56. The SMILES string of the molecule is CNSC.COc1cc(C(=O)NC2CCN(C)CC2)ccc1Nc1ncc(C(C)C)c(NC2CCCCC2)n1. The Kier molecular flexibility index (Phi) is 12.6. The Bertz CT molecular complexity index is 1040. The van der Waals surface area contributed by atoms with E-state index in [-0.39, 0.29) is 11.9 Å². The standard InChI is InChI=1S/C27H40N6O2.C2H7NS/c1-18(2)22-17-28-27(32-25(22)29-20-8-6-5-7-9-20)31-23-11-10-19(16-24(23)35-4)26(34)30-21-12-14-33(3)15-13-21;1-3-4-2/h10-11,16-18,20-21H,5-9,12-15H2,1-4H3,(H,30,34)(H2,28,29,31,32);3H,1-2H3. The van der Waals surface area contributed by atoms with Gasteiger partial charge in [0.2, 0.25) is 5.95 Å². The smallest absolute Gasteiger partial charge is 0.251 e. The third-order valence-electron chi connectivity index (χ3n) is 7.35. The van der Waals surface area contributed by atoms with Gasteiger partial charge in [-0.2, -0.15) is 4.98 Å². The molecule has 2 aliphatic rings. The molecular weight excluding hydrogens is 510 g/mol.